The molecule has 3 N–H and O–H groups in total. The maximum Gasteiger partial charge on any atom is 0.265 e. The molecule has 0 unspecified atom stereocenters. The van der Waals surface area contributed by atoms with E-state index < -0.39 is 5.91 Å². The third-order valence-electron chi connectivity index (χ3n) is 6.85. The highest BCUT2D eigenvalue weighted by Crippen LogP contribution is 2.27. The van der Waals surface area contributed by atoms with Crippen molar-refractivity contribution < 1.29 is 14.3 Å². The Morgan fingerprint density at radius 2 is 1.40 bits per heavy atom. The molecule has 1 aliphatic carbocycles. The Bertz CT molecular complexity index is 874. The number of halogens is 1. The SMILES string of the molecule is NNC(=O)c1ccc(OCc2ccc(OCC3CCCCCCCCCCCCC3)cc2)c(Cl)c1. The van der Waals surface area contributed by atoms with Crippen molar-refractivity contribution in [2.75, 3.05) is 6.61 Å². The van der Waals surface area contributed by atoms with Crippen LogP contribution in [0.5, 0.6) is 11.5 Å². The Hall–Kier alpha value is -2.24. The van der Waals surface area contributed by atoms with Crippen molar-refractivity contribution in [2.24, 2.45) is 11.8 Å². The Morgan fingerprint density at radius 3 is 1.94 bits per heavy atom. The first kappa shape index (κ1) is 27.3. The summed E-state index contributed by atoms with van der Waals surface area (Å²) in [7, 11) is 0. The maximum absolute atomic E-state index is 11.6. The fourth-order valence-electron chi connectivity index (χ4n) is 4.67. The van der Waals surface area contributed by atoms with Crippen LogP contribution in [0, 0.1) is 5.92 Å². The van der Waals surface area contributed by atoms with Gasteiger partial charge >= 0.3 is 0 Å². The predicted octanol–water partition coefficient (Wildman–Crippen LogP) is 7.60. The second-order valence-electron chi connectivity index (χ2n) is 9.69. The molecule has 2 aromatic rings. The van der Waals surface area contributed by atoms with Gasteiger partial charge in [0.05, 0.1) is 11.6 Å². The number of carbonyl (C=O) groups excluding carboxylic acids is 1. The molecule has 0 bridgehead atoms. The van der Waals surface area contributed by atoms with Crippen LogP contribution in [-0.4, -0.2) is 12.5 Å². The van der Waals surface area contributed by atoms with Crippen molar-refractivity contribution in [3.8, 4) is 11.5 Å². The number of amides is 1. The van der Waals surface area contributed by atoms with E-state index in [9.17, 15) is 4.79 Å². The summed E-state index contributed by atoms with van der Waals surface area (Å²) in [5, 5.41) is 0.370. The van der Waals surface area contributed by atoms with Gasteiger partial charge in [0, 0.05) is 5.56 Å². The van der Waals surface area contributed by atoms with E-state index in [2.05, 4.69) is 5.43 Å². The van der Waals surface area contributed by atoms with E-state index in [4.69, 9.17) is 26.9 Å². The lowest BCUT2D eigenvalue weighted by molar-refractivity contribution is 0.0953. The number of carbonyl (C=O) groups is 1. The average molecular weight is 501 g/mol. The van der Waals surface area contributed by atoms with Crippen molar-refractivity contribution in [1.82, 2.24) is 5.43 Å². The minimum absolute atomic E-state index is 0.370. The lowest BCUT2D eigenvalue weighted by atomic mass is 9.94. The fraction of sp³-hybridized carbons (Fsp3) is 0.552. The molecule has 1 aliphatic rings. The maximum atomic E-state index is 11.6. The molecular weight excluding hydrogens is 460 g/mol. The molecule has 192 valence electrons. The van der Waals surface area contributed by atoms with Crippen molar-refractivity contribution >= 4 is 17.5 Å². The molecule has 3 rings (SSSR count). The molecule has 1 amide bonds. The smallest absolute Gasteiger partial charge is 0.265 e. The quantitative estimate of drug-likeness (QED) is 0.233. The lowest BCUT2D eigenvalue weighted by Crippen LogP contribution is -2.29. The van der Waals surface area contributed by atoms with Gasteiger partial charge < -0.3 is 9.47 Å². The molecule has 5 nitrogen and oxygen atoms in total. The molecule has 35 heavy (non-hydrogen) atoms. The van der Waals surface area contributed by atoms with E-state index in [1.165, 1.54) is 83.5 Å². The number of rotatable bonds is 7. The zero-order valence-corrected chi connectivity index (χ0v) is 21.7. The van der Waals surface area contributed by atoms with E-state index in [0.717, 1.165) is 17.9 Å². The summed E-state index contributed by atoms with van der Waals surface area (Å²) in [4.78, 5) is 11.6. The normalized spacial score (nSPS) is 16.7. The number of hydrazine groups is 1. The second-order valence-corrected chi connectivity index (χ2v) is 10.1. The molecule has 0 saturated heterocycles. The van der Waals surface area contributed by atoms with Gasteiger partial charge in [-0.25, -0.2) is 5.84 Å². The lowest BCUT2D eigenvalue weighted by Gasteiger charge is -2.18. The van der Waals surface area contributed by atoms with Crippen LogP contribution in [0.1, 0.15) is 99.4 Å². The first-order valence-corrected chi connectivity index (χ1v) is 13.7. The molecule has 0 heterocycles. The van der Waals surface area contributed by atoms with Gasteiger partial charge in [0.15, 0.2) is 0 Å². The highest BCUT2D eigenvalue weighted by atomic mass is 35.5. The van der Waals surface area contributed by atoms with Crippen LogP contribution >= 0.6 is 11.6 Å². The molecule has 6 heteroatoms. The molecule has 0 aromatic heterocycles. The Kier molecular flexibility index (Phi) is 12.3. The monoisotopic (exact) mass is 500 g/mol. The van der Waals surface area contributed by atoms with E-state index in [0.29, 0.717) is 28.9 Å². The molecule has 0 spiro atoms. The summed E-state index contributed by atoms with van der Waals surface area (Å²) in [5.41, 5.74) is 3.50. The number of hydrogen-bond acceptors (Lipinski definition) is 4. The summed E-state index contributed by atoms with van der Waals surface area (Å²) >= 11 is 6.24. The Morgan fingerprint density at radius 1 is 0.829 bits per heavy atom. The van der Waals surface area contributed by atoms with Gasteiger partial charge in [0.25, 0.3) is 5.91 Å². The van der Waals surface area contributed by atoms with E-state index >= 15 is 0 Å². The van der Waals surface area contributed by atoms with Crippen LogP contribution in [0.25, 0.3) is 0 Å². The largest absolute Gasteiger partial charge is 0.493 e. The van der Waals surface area contributed by atoms with Crippen LogP contribution in [0.2, 0.25) is 5.02 Å². The third kappa shape index (κ3) is 10.1. The number of benzene rings is 2. The first-order valence-electron chi connectivity index (χ1n) is 13.3. The number of ether oxygens (including phenoxy) is 2. The minimum atomic E-state index is -0.392. The van der Waals surface area contributed by atoms with Crippen molar-refractivity contribution in [1.29, 1.82) is 0 Å². The van der Waals surface area contributed by atoms with Gasteiger partial charge in [-0.15, -0.1) is 0 Å². The van der Waals surface area contributed by atoms with Gasteiger partial charge in [0.1, 0.15) is 18.1 Å². The molecule has 1 saturated carbocycles. The fourth-order valence-corrected chi connectivity index (χ4v) is 4.90. The zero-order chi connectivity index (χ0) is 24.7. The first-order chi connectivity index (χ1) is 17.2. The Labute approximate surface area is 215 Å². The van der Waals surface area contributed by atoms with Crippen LogP contribution in [0.4, 0.5) is 0 Å². The van der Waals surface area contributed by atoms with E-state index in [1.54, 1.807) is 18.2 Å². The minimum Gasteiger partial charge on any atom is -0.493 e. The number of nitrogen functional groups attached to an aromatic ring is 1. The van der Waals surface area contributed by atoms with Gasteiger partial charge in [-0.2, -0.15) is 0 Å². The summed E-state index contributed by atoms with van der Waals surface area (Å²) in [5.74, 6) is 6.85. The van der Waals surface area contributed by atoms with Crippen molar-refractivity contribution in [3.63, 3.8) is 0 Å². The number of nitrogens with one attached hydrogen (secondary N) is 1. The predicted molar refractivity (Wildman–Crippen MR) is 143 cm³/mol. The van der Waals surface area contributed by atoms with Gasteiger partial charge in [-0.05, 0) is 54.7 Å². The summed E-state index contributed by atoms with van der Waals surface area (Å²) in [6.07, 6.45) is 17.8. The van der Waals surface area contributed by atoms with Gasteiger partial charge in [-0.3, -0.25) is 10.2 Å². The van der Waals surface area contributed by atoms with E-state index in [1.807, 2.05) is 24.3 Å². The summed E-state index contributed by atoms with van der Waals surface area (Å²) in [6.45, 7) is 1.18. The van der Waals surface area contributed by atoms with Gasteiger partial charge in [-0.1, -0.05) is 94.4 Å². The summed E-state index contributed by atoms with van der Waals surface area (Å²) < 4.78 is 12.0. The molecular formula is C29H41ClN2O3. The van der Waals surface area contributed by atoms with Crippen LogP contribution in [0.3, 0.4) is 0 Å². The van der Waals surface area contributed by atoms with Crippen molar-refractivity contribution in [3.05, 3.63) is 58.6 Å². The molecule has 2 aromatic carbocycles. The standard InChI is InChI=1S/C29H41ClN2O3/c30-27-20-25(29(33)32-31)16-19-28(27)35-22-24-14-17-26(18-15-24)34-21-23-12-10-8-6-4-2-1-3-5-7-9-11-13-23/h14-20,23H,1-13,21-22,31H2,(H,32,33). The van der Waals surface area contributed by atoms with Crippen molar-refractivity contribution in [2.45, 2.75) is 90.1 Å². The molecule has 1 fully saturated rings. The molecule has 0 radical (unpaired) electrons. The van der Waals surface area contributed by atoms with Crippen LogP contribution < -0.4 is 20.7 Å². The summed E-state index contributed by atoms with van der Waals surface area (Å²) in [6, 6.07) is 12.9. The number of nitrogens with two attached hydrogens (primary N) is 1. The molecule has 0 aliphatic heterocycles. The molecule has 0 atom stereocenters. The van der Waals surface area contributed by atoms with Crippen LogP contribution in [0.15, 0.2) is 42.5 Å². The average Bonchev–Trinajstić information content (AvgIpc) is 2.88. The third-order valence-corrected chi connectivity index (χ3v) is 7.15. The Balaban J connectivity index is 1.45. The number of hydrogen-bond donors (Lipinski definition) is 2. The van der Waals surface area contributed by atoms with Gasteiger partial charge in [0.2, 0.25) is 0 Å². The zero-order valence-electron chi connectivity index (χ0n) is 20.9. The highest BCUT2D eigenvalue weighted by Gasteiger charge is 2.11. The second kappa shape index (κ2) is 15.7. The topological polar surface area (TPSA) is 73.6 Å². The highest BCUT2D eigenvalue weighted by molar-refractivity contribution is 6.32. The van der Waals surface area contributed by atoms with Crippen LogP contribution in [-0.2, 0) is 6.61 Å². The van der Waals surface area contributed by atoms with E-state index in [-0.39, 0.29) is 0 Å².